The molecule has 1 aromatic heterocycles. The number of nitrogens with one attached hydrogen (secondary N) is 1. The maximum absolute atomic E-state index is 12.2. The highest BCUT2D eigenvalue weighted by Crippen LogP contribution is 2.15. The Hall–Kier alpha value is -3.09. The van der Waals surface area contributed by atoms with Crippen molar-refractivity contribution in [2.75, 3.05) is 0 Å². The third kappa shape index (κ3) is 5.20. The molecule has 3 rings (SSSR count). The van der Waals surface area contributed by atoms with E-state index in [9.17, 15) is 18.0 Å². The Balaban J connectivity index is 1.57. The Morgan fingerprint density at radius 3 is 2.26 bits per heavy atom. The van der Waals surface area contributed by atoms with Crippen LogP contribution in [0.2, 0.25) is 0 Å². The zero-order chi connectivity index (χ0) is 19.3. The van der Waals surface area contributed by atoms with E-state index in [4.69, 9.17) is 0 Å². The number of halogens is 3. The summed E-state index contributed by atoms with van der Waals surface area (Å²) in [5, 5.41) is 6.18. The van der Waals surface area contributed by atoms with Gasteiger partial charge in [-0.3, -0.25) is 4.79 Å². The minimum absolute atomic E-state index is 0.180. The Morgan fingerprint density at radius 1 is 0.926 bits per heavy atom. The average molecular weight is 373 g/mol. The summed E-state index contributed by atoms with van der Waals surface area (Å²) in [6, 6.07) is 17.0. The van der Waals surface area contributed by atoms with E-state index in [0.29, 0.717) is 5.56 Å². The summed E-state index contributed by atoms with van der Waals surface area (Å²) in [6.07, 6.45) is 0.658. The molecule has 2 aromatic carbocycles. The molecular formula is C20H18F3N3O. The number of carbonyl (C=O) groups is 1. The summed E-state index contributed by atoms with van der Waals surface area (Å²) in [5.74, 6) is -1.94. The predicted molar refractivity (Wildman–Crippen MR) is 95.3 cm³/mol. The molecule has 4 nitrogen and oxygen atoms in total. The summed E-state index contributed by atoms with van der Waals surface area (Å²) in [5.41, 5.74) is 3.73. The van der Waals surface area contributed by atoms with Gasteiger partial charge in [0.1, 0.15) is 0 Å². The molecule has 0 saturated heterocycles. The Morgan fingerprint density at radius 2 is 1.59 bits per heavy atom. The number of nitrogens with zero attached hydrogens (tertiary/aromatic N) is 2. The Labute approximate surface area is 154 Å². The van der Waals surface area contributed by atoms with Gasteiger partial charge < -0.3 is 5.32 Å². The van der Waals surface area contributed by atoms with E-state index >= 15 is 0 Å². The van der Waals surface area contributed by atoms with Gasteiger partial charge in [0.15, 0.2) is 0 Å². The molecule has 0 saturated carbocycles. The fraction of sp³-hybridized carbons (Fsp3) is 0.200. The summed E-state index contributed by atoms with van der Waals surface area (Å²) >= 11 is 0. The standard InChI is InChI=1S/C20H18F3N3O/c21-20(22,23)19(27)24-12-16-8-10-18(11-9-16)26-14-17(13-25-26)7-6-15-4-2-1-3-5-15/h1-5,8-11,13-14H,6-7,12H2,(H,24,27). The number of alkyl halides is 3. The summed E-state index contributed by atoms with van der Waals surface area (Å²) in [7, 11) is 0. The lowest BCUT2D eigenvalue weighted by Crippen LogP contribution is -2.36. The van der Waals surface area contributed by atoms with Gasteiger partial charge >= 0.3 is 12.1 Å². The highest BCUT2D eigenvalue weighted by atomic mass is 19.4. The first kappa shape index (κ1) is 18.7. The molecule has 0 aliphatic heterocycles. The molecule has 0 radical (unpaired) electrons. The number of aryl methyl sites for hydroxylation is 2. The molecule has 0 unspecified atom stereocenters. The van der Waals surface area contributed by atoms with Gasteiger partial charge in [-0.1, -0.05) is 42.5 Å². The van der Waals surface area contributed by atoms with Crippen LogP contribution in [-0.4, -0.2) is 21.9 Å². The third-order valence-corrected chi connectivity index (χ3v) is 4.09. The van der Waals surface area contributed by atoms with Crippen molar-refractivity contribution in [3.05, 3.63) is 83.7 Å². The van der Waals surface area contributed by atoms with Crippen LogP contribution in [0.25, 0.3) is 5.69 Å². The van der Waals surface area contributed by atoms with Crippen LogP contribution in [0.15, 0.2) is 67.0 Å². The maximum atomic E-state index is 12.2. The summed E-state index contributed by atoms with van der Waals surface area (Å²) in [4.78, 5) is 10.8. The fourth-order valence-electron chi connectivity index (χ4n) is 2.61. The molecule has 3 aromatic rings. The molecule has 0 atom stereocenters. The maximum Gasteiger partial charge on any atom is 0.471 e. The van der Waals surface area contributed by atoms with Crippen LogP contribution in [0.1, 0.15) is 16.7 Å². The lowest BCUT2D eigenvalue weighted by molar-refractivity contribution is -0.173. The predicted octanol–water partition coefficient (Wildman–Crippen LogP) is 3.84. The first-order valence-electron chi connectivity index (χ1n) is 8.43. The van der Waals surface area contributed by atoms with E-state index in [-0.39, 0.29) is 6.54 Å². The highest BCUT2D eigenvalue weighted by molar-refractivity contribution is 5.81. The quantitative estimate of drug-likeness (QED) is 0.714. The van der Waals surface area contributed by atoms with Gasteiger partial charge in [0.2, 0.25) is 0 Å². The molecule has 0 aliphatic rings. The van der Waals surface area contributed by atoms with E-state index in [2.05, 4.69) is 17.2 Å². The third-order valence-electron chi connectivity index (χ3n) is 4.09. The number of rotatable bonds is 6. The second-order valence-electron chi connectivity index (χ2n) is 6.13. The molecule has 1 heterocycles. The van der Waals surface area contributed by atoms with Crippen LogP contribution in [0.5, 0.6) is 0 Å². The highest BCUT2D eigenvalue weighted by Gasteiger charge is 2.38. The zero-order valence-corrected chi connectivity index (χ0v) is 14.4. The largest absolute Gasteiger partial charge is 0.471 e. The van der Waals surface area contributed by atoms with Gasteiger partial charge in [-0.05, 0) is 41.7 Å². The van der Waals surface area contributed by atoms with Crippen LogP contribution in [-0.2, 0) is 24.2 Å². The van der Waals surface area contributed by atoms with E-state index in [1.165, 1.54) is 5.56 Å². The average Bonchev–Trinajstić information content (AvgIpc) is 3.14. The van der Waals surface area contributed by atoms with E-state index in [1.54, 1.807) is 35.1 Å². The van der Waals surface area contributed by atoms with Crippen LogP contribution in [0, 0.1) is 0 Å². The van der Waals surface area contributed by atoms with Crippen molar-refractivity contribution in [3.8, 4) is 5.69 Å². The number of benzene rings is 2. The van der Waals surface area contributed by atoms with Gasteiger partial charge in [0.25, 0.3) is 0 Å². The smallest absolute Gasteiger partial charge is 0.344 e. The molecule has 0 spiro atoms. The van der Waals surface area contributed by atoms with Crippen LogP contribution >= 0.6 is 0 Å². The van der Waals surface area contributed by atoms with Crippen molar-refractivity contribution >= 4 is 5.91 Å². The van der Waals surface area contributed by atoms with Crippen molar-refractivity contribution in [1.82, 2.24) is 15.1 Å². The fourth-order valence-corrected chi connectivity index (χ4v) is 2.61. The van der Waals surface area contributed by atoms with E-state index < -0.39 is 12.1 Å². The van der Waals surface area contributed by atoms with Crippen LogP contribution in [0.3, 0.4) is 0 Å². The van der Waals surface area contributed by atoms with Crippen molar-refractivity contribution in [2.24, 2.45) is 0 Å². The minimum atomic E-state index is -4.87. The van der Waals surface area contributed by atoms with Crippen molar-refractivity contribution in [2.45, 2.75) is 25.6 Å². The minimum Gasteiger partial charge on any atom is -0.344 e. The van der Waals surface area contributed by atoms with E-state index in [1.807, 2.05) is 29.7 Å². The van der Waals surface area contributed by atoms with Gasteiger partial charge in [-0.2, -0.15) is 18.3 Å². The molecule has 1 amide bonds. The topological polar surface area (TPSA) is 46.9 Å². The lowest BCUT2D eigenvalue weighted by atomic mass is 10.1. The molecule has 1 N–H and O–H groups in total. The number of amides is 1. The first-order valence-corrected chi connectivity index (χ1v) is 8.43. The van der Waals surface area contributed by atoms with Gasteiger partial charge in [-0.15, -0.1) is 0 Å². The number of hydrogen-bond acceptors (Lipinski definition) is 2. The summed E-state index contributed by atoms with van der Waals surface area (Å²) in [6.45, 7) is -0.180. The SMILES string of the molecule is O=C(NCc1ccc(-n2cc(CCc3ccccc3)cn2)cc1)C(F)(F)F. The summed E-state index contributed by atoms with van der Waals surface area (Å²) < 4.78 is 38.3. The van der Waals surface area contributed by atoms with Gasteiger partial charge in [0.05, 0.1) is 11.9 Å². The second-order valence-corrected chi connectivity index (χ2v) is 6.13. The second kappa shape index (κ2) is 8.07. The lowest BCUT2D eigenvalue weighted by Gasteiger charge is -2.08. The van der Waals surface area contributed by atoms with Crippen LogP contribution in [0.4, 0.5) is 13.2 Å². The monoisotopic (exact) mass is 373 g/mol. The molecular weight excluding hydrogens is 355 g/mol. The molecule has 27 heavy (non-hydrogen) atoms. The van der Waals surface area contributed by atoms with Crippen LogP contribution < -0.4 is 5.32 Å². The molecule has 0 fully saturated rings. The number of aromatic nitrogens is 2. The number of hydrogen-bond donors (Lipinski definition) is 1. The number of carbonyl (C=O) groups excluding carboxylic acids is 1. The zero-order valence-electron chi connectivity index (χ0n) is 14.4. The first-order chi connectivity index (χ1) is 12.9. The molecule has 140 valence electrons. The van der Waals surface area contributed by atoms with Gasteiger partial charge in [-0.25, -0.2) is 4.68 Å². The Bertz CT molecular complexity index is 887. The molecule has 0 aliphatic carbocycles. The van der Waals surface area contributed by atoms with Crippen molar-refractivity contribution in [1.29, 1.82) is 0 Å². The normalized spacial score (nSPS) is 11.4. The molecule has 7 heteroatoms. The van der Waals surface area contributed by atoms with E-state index in [0.717, 1.165) is 24.1 Å². The van der Waals surface area contributed by atoms with Crippen molar-refractivity contribution < 1.29 is 18.0 Å². The van der Waals surface area contributed by atoms with Gasteiger partial charge in [0, 0.05) is 12.7 Å². The molecule has 0 bridgehead atoms. The van der Waals surface area contributed by atoms with Crippen molar-refractivity contribution in [3.63, 3.8) is 0 Å². The Kier molecular flexibility index (Phi) is 5.59.